The van der Waals surface area contributed by atoms with Gasteiger partial charge in [0, 0.05) is 0 Å². The lowest BCUT2D eigenvalue weighted by molar-refractivity contribution is -0.389. The highest BCUT2D eigenvalue weighted by Crippen LogP contribution is 2.24. The molecule has 0 amide bonds. The monoisotopic (exact) mass is 282 g/mol. The van der Waals surface area contributed by atoms with Crippen molar-refractivity contribution in [1.29, 1.82) is 0 Å². The van der Waals surface area contributed by atoms with Crippen molar-refractivity contribution >= 4 is 11.8 Å². The molecule has 0 aliphatic rings. The molecule has 0 spiro atoms. The minimum Gasteiger partial charge on any atom is -0.463 e. The first-order chi connectivity index (χ1) is 8.65. The van der Waals surface area contributed by atoms with E-state index in [1.807, 2.05) is 0 Å². The Morgan fingerprint density at radius 2 is 2.05 bits per heavy atom. The molecule has 1 aromatic heterocycles. The minimum absolute atomic E-state index is 0.257. The molecule has 0 saturated heterocycles. The van der Waals surface area contributed by atoms with Crippen LogP contribution in [0.3, 0.4) is 0 Å². The second kappa shape index (κ2) is 4.96. The van der Waals surface area contributed by atoms with Crippen molar-refractivity contribution in [1.82, 2.24) is 4.98 Å². The summed E-state index contributed by atoms with van der Waals surface area (Å²) in [6, 6.07) is 0.257. The van der Waals surface area contributed by atoms with Crippen LogP contribution in [0.5, 0.6) is 5.75 Å². The summed E-state index contributed by atoms with van der Waals surface area (Å²) in [6.07, 6.45) is -5.24. The average Bonchev–Trinajstić information content (AvgIpc) is 2.28. The summed E-state index contributed by atoms with van der Waals surface area (Å²) in [5, 5.41) is 10.4. The molecule has 0 unspecified atom stereocenters. The van der Waals surface area contributed by atoms with Crippen LogP contribution in [-0.4, -0.2) is 29.3 Å². The first-order valence-electron chi connectivity index (χ1n) is 4.41. The maximum atomic E-state index is 12.1. The number of ether oxygens (including phenoxy) is 2. The maximum absolute atomic E-state index is 12.1. The van der Waals surface area contributed by atoms with Crippen molar-refractivity contribution < 1.29 is 32.4 Å². The number of pyridine rings is 1. The molecule has 0 aromatic carbocycles. The van der Waals surface area contributed by atoms with Gasteiger partial charge in [0.15, 0.2) is 0 Å². The van der Waals surface area contributed by atoms with Gasteiger partial charge >= 0.3 is 18.1 Å². The highest BCUT2D eigenvalue weighted by atomic mass is 19.4. The van der Waals surface area contributed by atoms with E-state index in [-0.39, 0.29) is 6.07 Å². The number of carbonyl (C=O) groups excluding carboxylic acids is 1. The second-order valence-corrected chi connectivity index (χ2v) is 3.02. The molecule has 0 fully saturated rings. The topological polar surface area (TPSA) is 112 Å². The van der Waals surface area contributed by atoms with Gasteiger partial charge in [0.2, 0.25) is 11.2 Å². The second-order valence-electron chi connectivity index (χ2n) is 3.02. The Hall–Kier alpha value is -2.59. The van der Waals surface area contributed by atoms with Crippen LogP contribution in [0.15, 0.2) is 10.9 Å². The molecule has 1 aromatic rings. The van der Waals surface area contributed by atoms with Gasteiger partial charge in [-0.1, -0.05) is 0 Å². The molecular formula is C8H5F3N2O6. The number of rotatable bonds is 3. The number of esters is 1. The summed E-state index contributed by atoms with van der Waals surface area (Å²) in [6.45, 7) is 0. The summed E-state index contributed by atoms with van der Waals surface area (Å²) in [4.78, 5) is 33.6. The van der Waals surface area contributed by atoms with E-state index in [0.29, 0.717) is 0 Å². The van der Waals surface area contributed by atoms with Gasteiger partial charge in [0.05, 0.1) is 13.2 Å². The molecule has 0 aliphatic heterocycles. The molecule has 0 atom stereocenters. The van der Waals surface area contributed by atoms with Gasteiger partial charge in [0.1, 0.15) is 0 Å². The Labute approximate surface area is 101 Å². The molecule has 8 nitrogen and oxygen atoms in total. The van der Waals surface area contributed by atoms with Crippen LogP contribution < -0.4 is 10.2 Å². The van der Waals surface area contributed by atoms with Crippen molar-refractivity contribution in [2.75, 3.05) is 7.11 Å². The van der Waals surface area contributed by atoms with Crippen LogP contribution in [0.25, 0.3) is 0 Å². The third kappa shape index (κ3) is 3.43. The number of halogens is 3. The number of aromatic nitrogens is 1. The third-order valence-corrected chi connectivity index (χ3v) is 1.78. The molecular weight excluding hydrogens is 277 g/mol. The number of nitrogens with one attached hydrogen (secondary N) is 1. The van der Waals surface area contributed by atoms with Crippen molar-refractivity contribution in [3.8, 4) is 5.75 Å². The lowest BCUT2D eigenvalue weighted by Gasteiger charge is -2.09. The summed E-state index contributed by atoms with van der Waals surface area (Å²) in [7, 11) is 0.816. The van der Waals surface area contributed by atoms with Crippen molar-refractivity contribution in [2.45, 2.75) is 6.36 Å². The summed E-state index contributed by atoms with van der Waals surface area (Å²) < 4.78 is 43.7. The molecule has 0 saturated carbocycles. The van der Waals surface area contributed by atoms with E-state index in [1.54, 1.807) is 4.98 Å². The number of methoxy groups -OCH3 is 1. The Morgan fingerprint density at radius 3 is 2.47 bits per heavy atom. The van der Waals surface area contributed by atoms with Crippen LogP contribution >= 0.6 is 0 Å². The Kier molecular flexibility index (Phi) is 3.77. The number of nitro groups is 1. The molecule has 1 heterocycles. The van der Waals surface area contributed by atoms with Crippen LogP contribution in [-0.2, 0) is 4.74 Å². The van der Waals surface area contributed by atoms with Crippen LogP contribution in [0.1, 0.15) is 10.5 Å². The van der Waals surface area contributed by atoms with Crippen LogP contribution in [0.2, 0.25) is 0 Å². The first-order valence-corrected chi connectivity index (χ1v) is 4.41. The minimum atomic E-state index is -5.24. The fraction of sp³-hybridized carbons (Fsp3) is 0.250. The fourth-order valence-electron chi connectivity index (χ4n) is 1.10. The van der Waals surface area contributed by atoms with E-state index in [9.17, 15) is 32.9 Å². The summed E-state index contributed by atoms with van der Waals surface area (Å²) >= 11 is 0. The largest absolute Gasteiger partial charge is 0.573 e. The Bertz CT molecular complexity index is 579. The van der Waals surface area contributed by atoms with Gasteiger partial charge in [-0.3, -0.25) is 4.79 Å². The number of hydrogen-bond acceptors (Lipinski definition) is 6. The number of hydrogen-bond donors (Lipinski definition) is 1. The predicted octanol–water partition coefficient (Wildman–Crippen LogP) is 0.968. The smallest absolute Gasteiger partial charge is 0.463 e. The lowest BCUT2D eigenvalue weighted by Crippen LogP contribution is -2.25. The zero-order valence-corrected chi connectivity index (χ0v) is 9.11. The third-order valence-electron chi connectivity index (χ3n) is 1.78. The molecule has 0 bridgehead atoms. The normalized spacial score (nSPS) is 10.9. The number of carbonyl (C=O) groups is 1. The number of aromatic amines is 1. The molecule has 104 valence electrons. The standard InChI is InChI=1S/C8H5F3N2O6/c1-18-7(15)5-6(19-8(9,10)11)3(14)2-4(12-5)13(16)17/h2H,1H3,(H,12,14). The SMILES string of the molecule is COC(=O)c1[nH]c([N+](=O)[O-])cc(=O)c1OC(F)(F)F. The highest BCUT2D eigenvalue weighted by Gasteiger charge is 2.37. The van der Waals surface area contributed by atoms with Crippen molar-refractivity contribution in [3.63, 3.8) is 0 Å². The van der Waals surface area contributed by atoms with Crippen molar-refractivity contribution in [2.24, 2.45) is 0 Å². The van der Waals surface area contributed by atoms with E-state index in [0.717, 1.165) is 7.11 Å². The van der Waals surface area contributed by atoms with Crippen LogP contribution in [0.4, 0.5) is 19.0 Å². The summed E-state index contributed by atoms with van der Waals surface area (Å²) in [5.41, 5.74) is -2.58. The van der Waals surface area contributed by atoms with Gasteiger partial charge in [-0.2, -0.15) is 0 Å². The van der Waals surface area contributed by atoms with E-state index in [2.05, 4.69) is 9.47 Å². The number of nitrogens with zero attached hydrogens (tertiary/aromatic N) is 1. The van der Waals surface area contributed by atoms with Gasteiger partial charge in [-0.05, 0) is 4.92 Å². The van der Waals surface area contributed by atoms with E-state index >= 15 is 0 Å². The number of alkyl halides is 3. The zero-order valence-electron chi connectivity index (χ0n) is 9.11. The first kappa shape index (κ1) is 14.5. The highest BCUT2D eigenvalue weighted by molar-refractivity contribution is 5.90. The van der Waals surface area contributed by atoms with Gasteiger partial charge in [0.25, 0.3) is 5.69 Å². The summed E-state index contributed by atoms with van der Waals surface area (Å²) in [5.74, 6) is -3.81. The molecule has 1 N–H and O–H groups in total. The molecule has 11 heteroatoms. The van der Waals surface area contributed by atoms with Gasteiger partial charge < -0.3 is 19.6 Å². The number of H-pyrrole nitrogens is 1. The van der Waals surface area contributed by atoms with E-state index in [1.165, 1.54) is 0 Å². The molecule has 0 aliphatic carbocycles. The van der Waals surface area contributed by atoms with E-state index in [4.69, 9.17) is 0 Å². The Balaban J connectivity index is 3.48. The fourth-order valence-corrected chi connectivity index (χ4v) is 1.10. The average molecular weight is 282 g/mol. The van der Waals surface area contributed by atoms with E-state index < -0.39 is 39.9 Å². The predicted molar refractivity (Wildman–Crippen MR) is 51.7 cm³/mol. The quantitative estimate of drug-likeness (QED) is 0.502. The van der Waals surface area contributed by atoms with Gasteiger partial charge in [-0.15, -0.1) is 13.2 Å². The molecule has 1 rings (SSSR count). The zero-order chi connectivity index (χ0) is 14.8. The maximum Gasteiger partial charge on any atom is 0.573 e. The molecule has 19 heavy (non-hydrogen) atoms. The lowest BCUT2D eigenvalue weighted by atomic mass is 10.3. The molecule has 0 radical (unpaired) electrons. The van der Waals surface area contributed by atoms with Crippen molar-refractivity contribution in [3.05, 3.63) is 32.1 Å². The van der Waals surface area contributed by atoms with Crippen LogP contribution in [0, 0.1) is 10.1 Å². The Morgan fingerprint density at radius 1 is 1.47 bits per heavy atom. The van der Waals surface area contributed by atoms with Gasteiger partial charge in [-0.25, -0.2) is 9.78 Å².